The molecule has 7 heteroatoms. The van der Waals surface area contributed by atoms with Crippen molar-refractivity contribution in [3.63, 3.8) is 0 Å². The van der Waals surface area contributed by atoms with Gasteiger partial charge in [0.25, 0.3) is 0 Å². The van der Waals surface area contributed by atoms with Crippen molar-refractivity contribution in [2.45, 2.75) is 51.1 Å². The first-order valence-electron chi connectivity index (χ1n) is 7.59. The molecule has 0 aromatic heterocycles. The number of carboxylic acids is 1. The molecule has 2 rings (SSSR count). The lowest BCUT2D eigenvalue weighted by Gasteiger charge is -2.30. The Bertz CT molecular complexity index is 420. The normalized spacial score (nSPS) is 23.8. The molecular weight excluding hydrogens is 274 g/mol. The van der Waals surface area contributed by atoms with E-state index < -0.39 is 24.1 Å². The maximum Gasteiger partial charge on any atom is 0.326 e. The predicted octanol–water partition coefficient (Wildman–Crippen LogP) is 0.646. The number of hydrogen-bond donors (Lipinski definition) is 2. The molecule has 2 saturated heterocycles. The third kappa shape index (κ3) is 3.65. The van der Waals surface area contributed by atoms with E-state index in [2.05, 4.69) is 5.32 Å². The van der Waals surface area contributed by atoms with Gasteiger partial charge >= 0.3 is 12.0 Å². The highest BCUT2D eigenvalue weighted by atomic mass is 16.4. The maximum atomic E-state index is 12.2. The van der Waals surface area contributed by atoms with Crippen molar-refractivity contribution in [1.29, 1.82) is 0 Å². The molecule has 118 valence electrons. The first-order valence-corrected chi connectivity index (χ1v) is 7.59. The van der Waals surface area contributed by atoms with Crippen molar-refractivity contribution in [2.75, 3.05) is 19.6 Å². The molecule has 2 fully saturated rings. The van der Waals surface area contributed by atoms with Crippen molar-refractivity contribution >= 4 is 17.9 Å². The number of carbonyl (C=O) groups excluding carboxylic acids is 2. The molecule has 2 heterocycles. The van der Waals surface area contributed by atoms with Gasteiger partial charge in [0.1, 0.15) is 12.1 Å². The molecule has 7 nitrogen and oxygen atoms in total. The summed E-state index contributed by atoms with van der Waals surface area (Å²) in [4.78, 5) is 38.5. The van der Waals surface area contributed by atoms with Gasteiger partial charge in [0.2, 0.25) is 5.91 Å². The maximum absolute atomic E-state index is 12.2. The van der Waals surface area contributed by atoms with Crippen LogP contribution in [0.15, 0.2) is 0 Å². The SMILES string of the molecule is CC(NC(=O)N1CCC[C@H]1C(=O)O)C(=O)N1CCCCC1. The van der Waals surface area contributed by atoms with Crippen LogP contribution >= 0.6 is 0 Å². The van der Waals surface area contributed by atoms with Crippen LogP contribution < -0.4 is 5.32 Å². The topological polar surface area (TPSA) is 90.0 Å². The summed E-state index contributed by atoms with van der Waals surface area (Å²) in [6.07, 6.45) is 4.29. The van der Waals surface area contributed by atoms with E-state index in [0.717, 1.165) is 32.4 Å². The van der Waals surface area contributed by atoms with E-state index in [4.69, 9.17) is 5.11 Å². The van der Waals surface area contributed by atoms with Crippen molar-refractivity contribution in [2.24, 2.45) is 0 Å². The van der Waals surface area contributed by atoms with Crippen LogP contribution in [0.4, 0.5) is 4.79 Å². The second-order valence-electron chi connectivity index (χ2n) is 5.75. The zero-order valence-corrected chi connectivity index (χ0v) is 12.4. The highest BCUT2D eigenvalue weighted by molar-refractivity contribution is 5.88. The van der Waals surface area contributed by atoms with Gasteiger partial charge in [0.15, 0.2) is 0 Å². The minimum absolute atomic E-state index is 0.0888. The number of likely N-dealkylation sites (tertiary alicyclic amines) is 2. The molecule has 0 aromatic rings. The minimum atomic E-state index is -0.988. The number of carboxylic acid groups (broad SMARTS) is 1. The van der Waals surface area contributed by atoms with Crippen LogP contribution in [0.3, 0.4) is 0 Å². The second kappa shape index (κ2) is 6.78. The fourth-order valence-electron chi connectivity index (χ4n) is 2.98. The lowest BCUT2D eigenvalue weighted by atomic mass is 10.1. The van der Waals surface area contributed by atoms with Crippen molar-refractivity contribution < 1.29 is 19.5 Å². The minimum Gasteiger partial charge on any atom is -0.480 e. The zero-order chi connectivity index (χ0) is 15.4. The number of amides is 3. The average molecular weight is 297 g/mol. The van der Waals surface area contributed by atoms with Crippen LogP contribution in [0.5, 0.6) is 0 Å². The summed E-state index contributed by atoms with van der Waals surface area (Å²) in [5, 5.41) is 11.7. The highest BCUT2D eigenvalue weighted by Gasteiger charge is 2.35. The number of nitrogens with one attached hydrogen (secondary N) is 1. The smallest absolute Gasteiger partial charge is 0.326 e. The van der Waals surface area contributed by atoms with Gasteiger partial charge in [-0.05, 0) is 39.0 Å². The van der Waals surface area contributed by atoms with Gasteiger partial charge in [-0.2, -0.15) is 0 Å². The summed E-state index contributed by atoms with van der Waals surface area (Å²) in [5.41, 5.74) is 0. The number of piperidine rings is 1. The predicted molar refractivity (Wildman–Crippen MR) is 75.8 cm³/mol. The Labute approximate surface area is 124 Å². The number of carbonyl (C=O) groups is 3. The Morgan fingerprint density at radius 1 is 1.10 bits per heavy atom. The summed E-state index contributed by atoms with van der Waals surface area (Å²) in [6.45, 7) is 3.55. The quantitative estimate of drug-likeness (QED) is 0.800. The molecule has 0 spiro atoms. The van der Waals surface area contributed by atoms with Crippen molar-refractivity contribution in [1.82, 2.24) is 15.1 Å². The molecule has 0 aliphatic carbocycles. The largest absolute Gasteiger partial charge is 0.480 e. The van der Waals surface area contributed by atoms with Crippen LogP contribution in [0.1, 0.15) is 39.0 Å². The zero-order valence-electron chi connectivity index (χ0n) is 12.4. The molecular formula is C14H23N3O4. The fraction of sp³-hybridized carbons (Fsp3) is 0.786. The average Bonchev–Trinajstić information content (AvgIpc) is 2.97. The Morgan fingerprint density at radius 2 is 1.76 bits per heavy atom. The molecule has 2 aliphatic rings. The van der Waals surface area contributed by atoms with Crippen molar-refractivity contribution in [3.05, 3.63) is 0 Å². The molecule has 0 bridgehead atoms. The molecule has 2 atom stereocenters. The van der Waals surface area contributed by atoms with Gasteiger partial charge in [0.05, 0.1) is 0 Å². The Hall–Kier alpha value is -1.79. The molecule has 0 radical (unpaired) electrons. The van der Waals surface area contributed by atoms with Crippen LogP contribution in [0, 0.1) is 0 Å². The van der Waals surface area contributed by atoms with E-state index in [1.807, 2.05) is 0 Å². The number of nitrogens with zero attached hydrogens (tertiary/aromatic N) is 2. The number of hydrogen-bond acceptors (Lipinski definition) is 3. The van der Waals surface area contributed by atoms with E-state index in [0.29, 0.717) is 19.4 Å². The summed E-state index contributed by atoms with van der Waals surface area (Å²) in [7, 11) is 0. The molecule has 2 aliphatic heterocycles. The lowest BCUT2D eigenvalue weighted by Crippen LogP contribution is -2.53. The summed E-state index contributed by atoms with van der Waals surface area (Å²) < 4.78 is 0. The summed E-state index contributed by atoms with van der Waals surface area (Å²) in [5.74, 6) is -1.08. The molecule has 0 saturated carbocycles. The van der Waals surface area contributed by atoms with E-state index in [9.17, 15) is 14.4 Å². The first-order chi connectivity index (χ1) is 10.0. The Balaban J connectivity index is 1.89. The molecule has 0 aromatic carbocycles. The highest BCUT2D eigenvalue weighted by Crippen LogP contribution is 2.17. The second-order valence-corrected chi connectivity index (χ2v) is 5.75. The molecule has 3 amide bonds. The van der Waals surface area contributed by atoms with Crippen LogP contribution in [0.2, 0.25) is 0 Å². The summed E-state index contributed by atoms with van der Waals surface area (Å²) >= 11 is 0. The number of aliphatic carboxylic acids is 1. The Morgan fingerprint density at radius 3 is 2.38 bits per heavy atom. The third-order valence-corrected chi connectivity index (χ3v) is 4.18. The van der Waals surface area contributed by atoms with Gasteiger partial charge in [-0.3, -0.25) is 4.79 Å². The standard InChI is InChI=1S/C14H23N3O4/c1-10(12(18)16-7-3-2-4-8-16)15-14(21)17-9-5-6-11(17)13(19)20/h10-11H,2-9H2,1H3,(H,15,21)(H,19,20)/t10?,11-/m0/s1. The van der Waals surface area contributed by atoms with Gasteiger partial charge < -0.3 is 20.2 Å². The van der Waals surface area contributed by atoms with Crippen LogP contribution in [-0.2, 0) is 9.59 Å². The third-order valence-electron chi connectivity index (χ3n) is 4.18. The van der Waals surface area contributed by atoms with Crippen LogP contribution in [-0.4, -0.2) is 64.5 Å². The van der Waals surface area contributed by atoms with Gasteiger partial charge in [-0.15, -0.1) is 0 Å². The van der Waals surface area contributed by atoms with E-state index in [1.165, 1.54) is 4.90 Å². The summed E-state index contributed by atoms with van der Waals surface area (Å²) in [6, 6.07) is -1.86. The fourth-order valence-corrected chi connectivity index (χ4v) is 2.98. The Kier molecular flexibility index (Phi) is 5.03. The number of rotatable bonds is 3. The molecule has 1 unspecified atom stereocenters. The lowest BCUT2D eigenvalue weighted by molar-refractivity contribution is -0.141. The molecule has 21 heavy (non-hydrogen) atoms. The van der Waals surface area contributed by atoms with E-state index >= 15 is 0 Å². The molecule has 2 N–H and O–H groups in total. The van der Waals surface area contributed by atoms with Crippen LogP contribution in [0.25, 0.3) is 0 Å². The van der Waals surface area contributed by atoms with E-state index in [-0.39, 0.29) is 5.91 Å². The monoisotopic (exact) mass is 297 g/mol. The van der Waals surface area contributed by atoms with Gasteiger partial charge in [0, 0.05) is 19.6 Å². The van der Waals surface area contributed by atoms with Crippen molar-refractivity contribution in [3.8, 4) is 0 Å². The first kappa shape index (κ1) is 15.6. The number of urea groups is 1. The van der Waals surface area contributed by atoms with E-state index in [1.54, 1.807) is 11.8 Å². The van der Waals surface area contributed by atoms with Gasteiger partial charge in [-0.1, -0.05) is 0 Å². The van der Waals surface area contributed by atoms with Gasteiger partial charge in [-0.25, -0.2) is 9.59 Å².